The average molecular weight is 795 g/mol. The molecular weight excluding hydrogens is 785 g/mol. The monoisotopic (exact) mass is 796 g/mol. The predicted octanol–water partition coefficient (Wildman–Crippen LogP) is -0.928. The number of rotatable bonds is 4. The fourth-order valence-electron chi connectivity index (χ4n) is 1.32. The molecule has 0 saturated heterocycles. The Kier molecular flexibility index (Phi) is 11.5. The summed E-state index contributed by atoms with van der Waals surface area (Å²) in [6, 6.07) is 0.109. The van der Waals surface area contributed by atoms with Gasteiger partial charge < -0.3 is 20.6 Å². The van der Waals surface area contributed by atoms with Gasteiger partial charge in [-0.2, -0.15) is 5.21 Å². The molecule has 0 bridgehead atoms. The van der Waals surface area contributed by atoms with Crippen LogP contribution in [0, 0.1) is 40.8 Å². The molecule has 1 heterocycles. The van der Waals surface area contributed by atoms with Crippen LogP contribution in [0.3, 0.4) is 0 Å². The van der Waals surface area contributed by atoms with E-state index in [1.165, 1.54) is 0 Å². The Hall–Kier alpha value is -2.87. The third-order valence-electron chi connectivity index (χ3n) is 2.25. The number of hydrogen-bond donors (Lipinski definition) is 1. The Morgan fingerprint density at radius 1 is 0.893 bits per heavy atom. The second kappa shape index (κ2) is 11.8. The van der Waals surface area contributed by atoms with Crippen molar-refractivity contribution >= 4 is 77.6 Å². The Morgan fingerprint density at radius 3 is 1.64 bits per heavy atom. The number of H-pyrrole nitrogens is 1. The number of hydrogen-bond acceptors (Lipinski definition) is 14. The molecule has 0 unspecified atom stereocenters. The largest absolute Gasteiger partial charge is 2.00 e. The fourth-order valence-corrected chi connectivity index (χ4v) is 1.32. The smallest absolute Gasteiger partial charge is 0.863 e. The van der Waals surface area contributed by atoms with Crippen LogP contribution in [0.1, 0.15) is 5.71 Å². The maximum absolute atomic E-state index is 11.1. The number of tetrazole rings is 1. The van der Waals surface area contributed by atoms with Gasteiger partial charge in [-0.05, 0) is 10.2 Å². The number of nitro groups is 3. The van der Waals surface area contributed by atoms with E-state index in [-0.39, 0.29) is 72.3 Å². The molecule has 0 aliphatic rings. The molecule has 150 valence electrons. The third kappa shape index (κ3) is 7.04. The van der Waals surface area contributed by atoms with Crippen LogP contribution >= 0.6 is 0 Å². The summed E-state index contributed by atoms with van der Waals surface area (Å²) in [5.41, 5.74) is -4.48. The van der Waals surface area contributed by atoms with Gasteiger partial charge in [0.15, 0.2) is 0 Å². The zero-order valence-electron chi connectivity index (χ0n) is 12.7. The first-order valence-corrected chi connectivity index (χ1v) is 5.64. The summed E-state index contributed by atoms with van der Waals surface area (Å²) >= 11 is 0. The Bertz CT molecular complexity index is 863. The number of benzene rings is 1. The Balaban J connectivity index is -0.0000000991. The minimum Gasteiger partial charge on any atom is -0.863 e. The average Bonchev–Trinajstić information content (AvgIpc) is 2.99. The van der Waals surface area contributed by atoms with Crippen molar-refractivity contribution in [3.05, 3.63) is 46.8 Å². The van der Waals surface area contributed by atoms with Crippen molar-refractivity contribution in [3.8, 4) is 11.5 Å². The molecule has 0 amide bonds. The quantitative estimate of drug-likeness (QED) is 0.170. The second-order valence-corrected chi connectivity index (χ2v) is 3.74. The minimum atomic E-state index is -1.75. The Morgan fingerprint density at radius 2 is 1.36 bits per heavy atom. The molecule has 0 saturated carbocycles. The molecule has 21 heteroatoms. The molecule has 1 aromatic heterocycles. The number of nitro benzene ring substituents is 3. The van der Waals surface area contributed by atoms with Crippen molar-refractivity contribution < 1.29 is 35.7 Å². The van der Waals surface area contributed by atoms with Gasteiger partial charge in [0.2, 0.25) is 0 Å². The molecular formula is C7H10N9O10Pb2+. The van der Waals surface area contributed by atoms with E-state index in [9.17, 15) is 51.0 Å². The molecule has 0 spiro atoms. The van der Waals surface area contributed by atoms with E-state index in [1.54, 1.807) is 0 Å². The van der Waals surface area contributed by atoms with Crippen LogP contribution in [-0.2, 0) is 0 Å². The second-order valence-electron chi connectivity index (χ2n) is 3.74. The molecule has 28 heavy (non-hydrogen) atoms. The summed E-state index contributed by atoms with van der Waals surface area (Å²) in [6.45, 7) is 0. The standard InChI is InChI=1S/C6H3N3O8.CHN6O2.2Pb.4H2/c10-5-2(7(12)13)1-3(8(14)15)6(11)4(5)9(16)17;8-7(9)4-1-2-5-6-3-1;;;;;;/h1,10-11H;(H-,2,3,4,5,6,8,9);;;4*1H/q;-1;2*+2;;;;/p-2. The maximum atomic E-state index is 11.1. The van der Waals surface area contributed by atoms with Gasteiger partial charge in [-0.25, -0.2) is 0 Å². The van der Waals surface area contributed by atoms with E-state index >= 15 is 0 Å². The van der Waals surface area contributed by atoms with Gasteiger partial charge in [0.05, 0.1) is 37.4 Å². The Labute approximate surface area is 196 Å². The van der Waals surface area contributed by atoms with Gasteiger partial charge in [0.25, 0.3) is 17.1 Å². The molecule has 0 aliphatic heterocycles. The van der Waals surface area contributed by atoms with Gasteiger partial charge in [-0.1, -0.05) is 5.10 Å². The summed E-state index contributed by atoms with van der Waals surface area (Å²) in [6.07, 6.45) is 0. The van der Waals surface area contributed by atoms with Crippen LogP contribution in [0.25, 0.3) is 0 Å². The number of aromatic amines is 1. The predicted molar refractivity (Wildman–Crippen MR) is 88.5 cm³/mol. The molecule has 4 radical (unpaired) electrons. The first kappa shape index (κ1) is 27.4. The van der Waals surface area contributed by atoms with Crippen molar-refractivity contribution in [2.75, 3.05) is 0 Å². The van der Waals surface area contributed by atoms with Crippen LogP contribution in [0.15, 0.2) is 11.2 Å². The number of aromatic nitrogens is 4. The summed E-state index contributed by atoms with van der Waals surface area (Å²) in [5.74, 6) is -3.79. The fraction of sp³-hybridized carbons (Fsp3) is 0. The first-order chi connectivity index (χ1) is 12.1. The molecule has 2 rings (SSSR count). The van der Waals surface area contributed by atoms with Crippen molar-refractivity contribution in [2.24, 2.45) is 5.11 Å². The van der Waals surface area contributed by atoms with E-state index in [2.05, 4.69) is 20.5 Å². The third-order valence-corrected chi connectivity index (χ3v) is 2.25. The maximum Gasteiger partial charge on any atom is 2.00 e. The van der Waals surface area contributed by atoms with Gasteiger partial charge in [0.1, 0.15) is 0 Å². The van der Waals surface area contributed by atoms with Crippen molar-refractivity contribution in [3.63, 3.8) is 0 Å². The number of nitrogens with one attached hydrogen (secondary N) is 1. The van der Waals surface area contributed by atoms with Crippen LogP contribution in [0.2, 0.25) is 0 Å². The van der Waals surface area contributed by atoms with E-state index in [4.69, 9.17) is 0 Å². The van der Waals surface area contributed by atoms with Crippen LogP contribution in [0.4, 0.5) is 23.0 Å². The van der Waals surface area contributed by atoms with Crippen LogP contribution in [0.5, 0.6) is 11.5 Å². The van der Waals surface area contributed by atoms with Crippen LogP contribution in [-0.4, -0.2) is 95.0 Å². The SMILES string of the molecule is O=[N+]([O-])c1cc([N+](=O)[O-])c([O-])c([N+](=O)[O-])c1[O-].[HH].[HH].[HH].[HH].[O-][N+]([O-])=Nc1nn[nH]n1.[Pb+2].[Pb+2]. The molecule has 1 N–H and O–H groups in total. The van der Waals surface area contributed by atoms with Crippen LogP contribution < -0.4 is 10.2 Å². The van der Waals surface area contributed by atoms with E-state index in [0.29, 0.717) is 0 Å². The molecule has 1 aromatic carbocycles. The van der Waals surface area contributed by atoms with E-state index in [0.717, 1.165) is 0 Å². The van der Waals surface area contributed by atoms with E-state index in [1.807, 2.05) is 5.21 Å². The topological polar surface area (TPSA) is 291 Å². The van der Waals surface area contributed by atoms with Gasteiger partial charge >= 0.3 is 60.5 Å². The summed E-state index contributed by atoms with van der Waals surface area (Å²) in [7, 11) is 0. The molecule has 19 nitrogen and oxygen atoms in total. The summed E-state index contributed by atoms with van der Waals surface area (Å²) < 4.78 is 0. The summed E-state index contributed by atoms with van der Waals surface area (Å²) in [4.78, 5) is 26.9. The molecule has 2 aromatic rings. The normalized spacial score (nSPS) is 8.86. The molecule has 0 fully saturated rings. The zero-order chi connectivity index (χ0) is 20.0. The first-order valence-electron chi connectivity index (χ1n) is 5.64. The van der Waals surface area contributed by atoms with E-state index < -0.39 is 48.4 Å². The van der Waals surface area contributed by atoms with Gasteiger partial charge in [-0.3, -0.25) is 30.3 Å². The van der Waals surface area contributed by atoms with Crippen molar-refractivity contribution in [1.29, 1.82) is 0 Å². The zero-order valence-corrected chi connectivity index (χ0v) is 20.5. The molecule has 0 atom stereocenters. The van der Waals surface area contributed by atoms with Gasteiger partial charge in [-0.15, -0.1) is 5.10 Å². The van der Waals surface area contributed by atoms with Crippen molar-refractivity contribution in [2.45, 2.75) is 0 Å². The van der Waals surface area contributed by atoms with Gasteiger partial charge in [0, 0.05) is 5.71 Å². The summed E-state index contributed by atoms with van der Waals surface area (Å²) in [5, 5.41) is 85.8. The molecule has 0 aliphatic carbocycles. The number of nitrogens with zero attached hydrogens (tertiary/aromatic N) is 8. The van der Waals surface area contributed by atoms with Crippen molar-refractivity contribution in [1.82, 2.24) is 20.6 Å². The minimum absolute atomic E-state index is 0.